The lowest BCUT2D eigenvalue weighted by Gasteiger charge is -2.08. The van der Waals surface area contributed by atoms with Gasteiger partial charge in [-0.05, 0) is 18.6 Å². The van der Waals surface area contributed by atoms with Crippen LogP contribution < -0.4 is 5.32 Å². The first-order chi connectivity index (χ1) is 13.9. The number of aromatic nitrogens is 1. The smallest absolute Gasteiger partial charge is 0.340 e. The number of fused-ring (bicyclic) bond motifs is 1. The van der Waals surface area contributed by atoms with E-state index in [1.807, 2.05) is 28.8 Å². The predicted octanol–water partition coefficient (Wildman–Crippen LogP) is 3.81. The normalized spacial score (nSPS) is 10.7. The highest BCUT2D eigenvalue weighted by Crippen LogP contribution is 2.23. The van der Waals surface area contributed by atoms with Gasteiger partial charge in [-0.15, -0.1) is 0 Å². The fourth-order valence-corrected chi connectivity index (χ4v) is 3.31. The number of nitro groups is 1. The fraction of sp³-hybridized carbons (Fsp3) is 0.200. The van der Waals surface area contributed by atoms with E-state index in [0.717, 1.165) is 17.0 Å². The fourth-order valence-electron chi connectivity index (χ4n) is 3.05. The molecular formula is C20H18ClN3O5. The van der Waals surface area contributed by atoms with Crippen molar-refractivity contribution in [3.8, 4) is 0 Å². The summed E-state index contributed by atoms with van der Waals surface area (Å²) in [4.78, 5) is 34.4. The number of rotatable bonds is 7. The number of hydrogen-bond donors (Lipinski definition) is 1. The molecule has 0 saturated carbocycles. The average Bonchev–Trinajstić information content (AvgIpc) is 3.09. The van der Waals surface area contributed by atoms with Gasteiger partial charge in [-0.3, -0.25) is 14.9 Å². The highest BCUT2D eigenvalue weighted by molar-refractivity contribution is 6.34. The SMILES string of the molecule is COC(=O)c1cn(CCCNC(=O)c2ccc([N+](=O)[O-])cc2Cl)c2ccccc12. The highest BCUT2D eigenvalue weighted by Gasteiger charge is 2.16. The van der Waals surface area contributed by atoms with Gasteiger partial charge in [-0.1, -0.05) is 29.8 Å². The molecule has 0 saturated heterocycles. The van der Waals surface area contributed by atoms with Crippen LogP contribution in [0.2, 0.25) is 5.02 Å². The van der Waals surface area contributed by atoms with Crippen LogP contribution in [0.4, 0.5) is 5.69 Å². The van der Waals surface area contributed by atoms with Crippen molar-refractivity contribution in [3.63, 3.8) is 0 Å². The average molecular weight is 416 g/mol. The Morgan fingerprint density at radius 2 is 1.97 bits per heavy atom. The second kappa shape index (κ2) is 8.74. The van der Waals surface area contributed by atoms with Gasteiger partial charge in [0.25, 0.3) is 11.6 Å². The molecule has 0 radical (unpaired) electrons. The third-order valence-electron chi connectivity index (χ3n) is 4.46. The Bertz CT molecular complexity index is 1090. The molecule has 1 amide bonds. The lowest BCUT2D eigenvalue weighted by atomic mass is 10.2. The predicted molar refractivity (Wildman–Crippen MR) is 108 cm³/mol. The quantitative estimate of drug-likeness (QED) is 0.273. The number of carbonyl (C=O) groups excluding carboxylic acids is 2. The van der Waals surface area contributed by atoms with Gasteiger partial charge in [0.2, 0.25) is 0 Å². The van der Waals surface area contributed by atoms with E-state index < -0.39 is 16.8 Å². The Morgan fingerprint density at radius 3 is 2.66 bits per heavy atom. The molecule has 0 spiro atoms. The van der Waals surface area contributed by atoms with E-state index in [-0.39, 0.29) is 16.3 Å². The minimum atomic E-state index is -0.572. The minimum absolute atomic E-state index is 0.0239. The van der Waals surface area contributed by atoms with E-state index in [4.69, 9.17) is 16.3 Å². The van der Waals surface area contributed by atoms with Crippen LogP contribution in [0.25, 0.3) is 10.9 Å². The number of nitro benzene ring substituents is 1. The number of aryl methyl sites for hydroxylation is 1. The van der Waals surface area contributed by atoms with Gasteiger partial charge in [0.15, 0.2) is 0 Å². The number of nitrogens with zero attached hydrogens (tertiary/aromatic N) is 2. The highest BCUT2D eigenvalue weighted by atomic mass is 35.5. The van der Waals surface area contributed by atoms with Crippen LogP contribution in [0, 0.1) is 10.1 Å². The molecule has 2 aromatic carbocycles. The van der Waals surface area contributed by atoms with E-state index in [1.165, 1.54) is 19.2 Å². The standard InChI is InChI=1S/C20H18ClN3O5/c1-29-20(26)16-12-23(18-6-3-2-5-14(16)18)10-4-9-22-19(25)15-8-7-13(24(27)28)11-17(15)21/h2-3,5-8,11-12H,4,9-10H2,1H3,(H,22,25). The largest absolute Gasteiger partial charge is 0.465 e. The second-order valence-corrected chi connectivity index (χ2v) is 6.68. The summed E-state index contributed by atoms with van der Waals surface area (Å²) in [6.45, 7) is 0.942. The van der Waals surface area contributed by atoms with Gasteiger partial charge in [0.1, 0.15) is 0 Å². The lowest BCUT2D eigenvalue weighted by Crippen LogP contribution is -2.25. The van der Waals surface area contributed by atoms with E-state index in [2.05, 4.69) is 5.32 Å². The van der Waals surface area contributed by atoms with E-state index in [0.29, 0.717) is 25.1 Å². The maximum absolute atomic E-state index is 12.3. The number of methoxy groups -OCH3 is 1. The van der Waals surface area contributed by atoms with Crippen molar-refractivity contribution in [2.75, 3.05) is 13.7 Å². The van der Waals surface area contributed by atoms with Crippen molar-refractivity contribution >= 4 is 40.1 Å². The van der Waals surface area contributed by atoms with Crippen molar-refractivity contribution < 1.29 is 19.2 Å². The van der Waals surface area contributed by atoms with Crippen molar-refractivity contribution in [1.29, 1.82) is 0 Å². The van der Waals surface area contributed by atoms with Crippen molar-refractivity contribution in [1.82, 2.24) is 9.88 Å². The molecule has 0 bridgehead atoms. The summed E-state index contributed by atoms with van der Waals surface area (Å²) in [5.41, 5.74) is 1.39. The second-order valence-electron chi connectivity index (χ2n) is 6.28. The number of non-ortho nitro benzene ring substituents is 1. The van der Waals surface area contributed by atoms with Crippen molar-refractivity contribution in [2.45, 2.75) is 13.0 Å². The summed E-state index contributed by atoms with van der Waals surface area (Å²) >= 11 is 5.98. The molecule has 3 rings (SSSR count). The number of halogens is 1. The van der Waals surface area contributed by atoms with Gasteiger partial charge in [0, 0.05) is 42.3 Å². The monoisotopic (exact) mass is 415 g/mol. The Balaban J connectivity index is 1.63. The summed E-state index contributed by atoms with van der Waals surface area (Å²) in [7, 11) is 1.34. The molecule has 0 atom stereocenters. The van der Waals surface area contributed by atoms with Crippen LogP contribution >= 0.6 is 11.6 Å². The summed E-state index contributed by atoms with van der Waals surface area (Å²) in [6.07, 6.45) is 2.35. The molecule has 29 heavy (non-hydrogen) atoms. The number of nitrogens with one attached hydrogen (secondary N) is 1. The number of esters is 1. The number of benzene rings is 2. The van der Waals surface area contributed by atoms with Gasteiger partial charge >= 0.3 is 5.97 Å². The van der Waals surface area contributed by atoms with E-state index in [9.17, 15) is 19.7 Å². The van der Waals surface area contributed by atoms with Crippen LogP contribution in [0.5, 0.6) is 0 Å². The first kappa shape index (κ1) is 20.3. The van der Waals surface area contributed by atoms with E-state index >= 15 is 0 Å². The number of amides is 1. The maximum Gasteiger partial charge on any atom is 0.340 e. The molecule has 0 aliphatic rings. The Hall–Kier alpha value is -3.39. The number of ether oxygens (including phenoxy) is 1. The zero-order chi connectivity index (χ0) is 21.0. The molecular weight excluding hydrogens is 398 g/mol. The van der Waals surface area contributed by atoms with Crippen LogP contribution in [0.3, 0.4) is 0 Å². The summed E-state index contributed by atoms with van der Waals surface area (Å²) < 4.78 is 6.77. The number of para-hydroxylation sites is 1. The van der Waals surface area contributed by atoms with E-state index in [1.54, 1.807) is 6.20 Å². The molecule has 1 heterocycles. The van der Waals surface area contributed by atoms with Gasteiger partial charge in [-0.25, -0.2) is 4.79 Å². The molecule has 1 N–H and O–H groups in total. The van der Waals surface area contributed by atoms with Crippen LogP contribution in [0.15, 0.2) is 48.7 Å². The zero-order valence-corrected chi connectivity index (χ0v) is 16.3. The molecule has 0 aliphatic heterocycles. The molecule has 1 aromatic heterocycles. The summed E-state index contributed by atoms with van der Waals surface area (Å²) in [5.74, 6) is -0.807. The Labute approximate surface area is 171 Å². The van der Waals surface area contributed by atoms with Crippen molar-refractivity contribution in [3.05, 3.63) is 74.9 Å². The molecule has 3 aromatic rings. The first-order valence-corrected chi connectivity index (χ1v) is 9.18. The molecule has 0 aliphatic carbocycles. The first-order valence-electron chi connectivity index (χ1n) is 8.80. The van der Waals surface area contributed by atoms with Crippen molar-refractivity contribution in [2.24, 2.45) is 0 Å². The summed E-state index contributed by atoms with van der Waals surface area (Å²) in [6, 6.07) is 11.2. The number of carbonyl (C=O) groups is 2. The third kappa shape index (κ3) is 4.38. The molecule has 150 valence electrons. The molecule has 8 nitrogen and oxygen atoms in total. The van der Waals surface area contributed by atoms with Gasteiger partial charge < -0.3 is 14.6 Å². The minimum Gasteiger partial charge on any atom is -0.465 e. The molecule has 9 heteroatoms. The number of hydrogen-bond acceptors (Lipinski definition) is 5. The lowest BCUT2D eigenvalue weighted by molar-refractivity contribution is -0.384. The maximum atomic E-state index is 12.3. The Morgan fingerprint density at radius 1 is 1.21 bits per heavy atom. The van der Waals surface area contributed by atoms with Crippen LogP contribution in [-0.2, 0) is 11.3 Å². The van der Waals surface area contributed by atoms with Gasteiger partial charge in [-0.2, -0.15) is 0 Å². The topological polar surface area (TPSA) is 103 Å². The zero-order valence-electron chi connectivity index (χ0n) is 15.6. The Kier molecular flexibility index (Phi) is 6.13. The van der Waals surface area contributed by atoms with Gasteiger partial charge in [0.05, 0.1) is 28.2 Å². The molecule has 0 unspecified atom stereocenters. The van der Waals surface area contributed by atoms with Crippen LogP contribution in [-0.4, -0.2) is 35.0 Å². The summed E-state index contributed by atoms with van der Waals surface area (Å²) in [5, 5.41) is 14.3. The molecule has 0 fully saturated rings. The third-order valence-corrected chi connectivity index (χ3v) is 4.78. The van der Waals surface area contributed by atoms with Crippen LogP contribution in [0.1, 0.15) is 27.1 Å².